The van der Waals surface area contributed by atoms with Crippen LogP contribution in [0.15, 0.2) is 36.7 Å². The molecule has 0 spiro atoms. The third-order valence-electron chi connectivity index (χ3n) is 2.18. The van der Waals surface area contributed by atoms with E-state index in [-0.39, 0.29) is 52.1 Å². The van der Waals surface area contributed by atoms with Gasteiger partial charge in [-0.15, -0.1) is 0 Å². The molecule has 0 saturated heterocycles. The summed E-state index contributed by atoms with van der Waals surface area (Å²) in [6, 6.07) is 4.97. The number of carbonyl (C=O) groups is 2. The fourth-order valence-corrected chi connectivity index (χ4v) is 1.15. The molecule has 0 aliphatic rings. The first-order chi connectivity index (χ1) is 12.4. The molecule has 0 atom stereocenters. The summed E-state index contributed by atoms with van der Waals surface area (Å²) in [5.74, 6) is -1.90. The standard InChI is InChI=1S/C8H9NO2.C7H7NO2.Na/c1-6-3-4-7(5-9-6)8(10)11-2;1-5-2-3-6(4-8-5)7(9)10;/h3-5H,1-2H3;2-4H,1H3,(H,9,10);/q;;+1/p-1/i2*1D3;. The summed E-state index contributed by atoms with van der Waals surface area (Å²) in [6.07, 6.45) is 2.16. The van der Waals surface area contributed by atoms with E-state index in [9.17, 15) is 14.7 Å². The monoisotopic (exact) mass is 316 g/mol. The number of rotatable bonds is 2. The maximum absolute atomic E-state index is 11.0. The number of pyridine rings is 2. The molecule has 0 aliphatic heterocycles. The largest absolute Gasteiger partial charge is 1.00 e. The van der Waals surface area contributed by atoms with Crippen LogP contribution >= 0.6 is 0 Å². The van der Waals surface area contributed by atoms with Crippen molar-refractivity contribution in [1.82, 2.24) is 9.97 Å². The van der Waals surface area contributed by atoms with Crippen LogP contribution in [0.4, 0.5) is 0 Å². The second kappa shape index (κ2) is 10.0. The molecule has 0 N–H and O–H groups in total. The van der Waals surface area contributed by atoms with Crippen molar-refractivity contribution in [3.8, 4) is 0 Å². The van der Waals surface area contributed by atoms with E-state index in [0.29, 0.717) is 0 Å². The number of aromatic carboxylic acids is 1. The number of carbonyl (C=O) groups excluding carboxylic acids is 2. The summed E-state index contributed by atoms with van der Waals surface area (Å²) in [5, 5.41) is 10.3. The zero-order valence-electron chi connectivity index (χ0n) is 18.0. The number of esters is 1. The van der Waals surface area contributed by atoms with Crippen LogP contribution in [0.2, 0.25) is 0 Å². The number of aromatic nitrogens is 2. The van der Waals surface area contributed by atoms with Crippen molar-refractivity contribution in [2.75, 3.05) is 7.11 Å². The number of hydrogen-bond donors (Lipinski definition) is 0. The van der Waals surface area contributed by atoms with Gasteiger partial charge in [-0.25, -0.2) is 4.79 Å². The van der Waals surface area contributed by atoms with Crippen LogP contribution in [0.5, 0.6) is 0 Å². The molecule has 0 fully saturated rings. The van der Waals surface area contributed by atoms with Crippen LogP contribution in [0.25, 0.3) is 0 Å². The summed E-state index contributed by atoms with van der Waals surface area (Å²) in [7, 11) is 1.25. The SMILES string of the molecule is [2H]C([2H])([2H])c1ccc(C(=O)OC)cn1.[2H]C([2H])([2H])c1ccc(C(=O)[O-])cn1.[Na+]. The Bertz CT molecular complexity index is 792. The van der Waals surface area contributed by atoms with Gasteiger partial charge in [0.25, 0.3) is 0 Å². The minimum Gasteiger partial charge on any atom is -0.545 e. The molecule has 0 bridgehead atoms. The average molecular weight is 316 g/mol. The number of hydrogen-bond acceptors (Lipinski definition) is 6. The van der Waals surface area contributed by atoms with E-state index in [1.165, 1.54) is 25.4 Å². The van der Waals surface area contributed by atoms with Gasteiger partial charge >= 0.3 is 35.5 Å². The maximum Gasteiger partial charge on any atom is 1.00 e. The van der Waals surface area contributed by atoms with E-state index >= 15 is 0 Å². The van der Waals surface area contributed by atoms with Crippen molar-refractivity contribution in [3.63, 3.8) is 0 Å². The Balaban J connectivity index is 0.000000504. The van der Waals surface area contributed by atoms with Crippen molar-refractivity contribution in [2.24, 2.45) is 0 Å². The predicted molar refractivity (Wildman–Crippen MR) is 73.6 cm³/mol. The van der Waals surface area contributed by atoms with Gasteiger partial charge in [0.2, 0.25) is 0 Å². The van der Waals surface area contributed by atoms with E-state index < -0.39 is 25.6 Å². The van der Waals surface area contributed by atoms with Crippen LogP contribution in [0.3, 0.4) is 0 Å². The minimum atomic E-state index is -2.30. The summed E-state index contributed by atoms with van der Waals surface area (Å²) >= 11 is 0. The molecule has 7 heteroatoms. The molecule has 0 amide bonds. The molecule has 6 nitrogen and oxygen atoms in total. The molecule has 0 radical (unpaired) electrons. The van der Waals surface area contributed by atoms with Gasteiger partial charge in [0.1, 0.15) is 0 Å². The zero-order valence-corrected chi connectivity index (χ0v) is 14.0. The third-order valence-corrected chi connectivity index (χ3v) is 2.18. The van der Waals surface area contributed by atoms with Crippen molar-refractivity contribution < 1.29 is 57.2 Å². The normalized spacial score (nSPS) is 14.0. The molecule has 2 aromatic heterocycles. The summed E-state index contributed by atoms with van der Waals surface area (Å²) in [6.45, 7) is -4.54. The molecule has 2 aromatic rings. The third kappa shape index (κ3) is 6.80. The fraction of sp³-hybridized carbons (Fsp3) is 0.200. The van der Waals surface area contributed by atoms with Gasteiger partial charge in [0, 0.05) is 37.6 Å². The number of nitrogens with zero attached hydrogens (tertiary/aromatic N) is 2. The fourth-order valence-electron chi connectivity index (χ4n) is 1.15. The Hall–Kier alpha value is -1.76. The number of carboxylic acid groups (broad SMARTS) is 1. The molecule has 2 rings (SSSR count). The van der Waals surface area contributed by atoms with Crippen molar-refractivity contribution in [2.45, 2.75) is 13.7 Å². The number of methoxy groups -OCH3 is 1. The molecule has 0 saturated carbocycles. The first-order valence-corrected chi connectivity index (χ1v) is 5.59. The number of aryl methyl sites for hydroxylation is 2. The van der Waals surface area contributed by atoms with Crippen LogP contribution in [0, 0.1) is 13.7 Å². The zero-order chi connectivity index (χ0) is 20.8. The Morgan fingerprint density at radius 3 is 1.86 bits per heavy atom. The van der Waals surface area contributed by atoms with Gasteiger partial charge in [-0.2, -0.15) is 0 Å². The van der Waals surface area contributed by atoms with E-state index in [2.05, 4.69) is 14.7 Å². The Kier molecular flexibility index (Phi) is 5.37. The quantitative estimate of drug-likeness (QED) is 0.467. The molecule has 2 heterocycles. The minimum absolute atomic E-state index is 0. The summed E-state index contributed by atoms with van der Waals surface area (Å²) in [5.41, 5.74) is -0.0591. The molecule has 22 heavy (non-hydrogen) atoms. The van der Waals surface area contributed by atoms with E-state index in [1.807, 2.05) is 0 Å². The van der Waals surface area contributed by atoms with Crippen molar-refractivity contribution >= 4 is 11.9 Å². The molecule has 0 unspecified atom stereocenters. The molecular formula is C15H15N2NaO4. The maximum atomic E-state index is 11.0. The second-order valence-corrected chi connectivity index (χ2v) is 3.64. The van der Waals surface area contributed by atoms with Crippen LogP contribution < -0.4 is 34.7 Å². The summed E-state index contributed by atoms with van der Waals surface area (Å²) in [4.78, 5) is 28.4. The Labute approximate surface area is 159 Å². The van der Waals surface area contributed by atoms with Gasteiger partial charge in [-0.3, -0.25) is 9.97 Å². The Morgan fingerprint density at radius 2 is 1.55 bits per heavy atom. The van der Waals surface area contributed by atoms with E-state index in [1.54, 1.807) is 0 Å². The van der Waals surface area contributed by atoms with Crippen LogP contribution in [-0.4, -0.2) is 29.0 Å². The first kappa shape index (κ1) is 11.8. The van der Waals surface area contributed by atoms with E-state index in [0.717, 1.165) is 18.3 Å². The molecule has 0 aliphatic carbocycles. The van der Waals surface area contributed by atoms with Gasteiger partial charge in [0.15, 0.2) is 0 Å². The van der Waals surface area contributed by atoms with Gasteiger partial charge < -0.3 is 14.6 Å². The van der Waals surface area contributed by atoms with Gasteiger partial charge in [-0.1, -0.05) is 0 Å². The topological polar surface area (TPSA) is 92.2 Å². The van der Waals surface area contributed by atoms with E-state index in [4.69, 9.17) is 8.22 Å². The van der Waals surface area contributed by atoms with Crippen molar-refractivity contribution in [1.29, 1.82) is 0 Å². The predicted octanol–water partition coefficient (Wildman–Crippen LogP) is -2.07. The van der Waals surface area contributed by atoms with Crippen molar-refractivity contribution in [3.05, 3.63) is 59.2 Å². The molecule has 110 valence electrons. The smallest absolute Gasteiger partial charge is 0.545 e. The second-order valence-electron chi connectivity index (χ2n) is 3.64. The number of carboxylic acids is 1. The average Bonchev–Trinajstić information content (AvgIpc) is 2.60. The Morgan fingerprint density at radius 1 is 1.05 bits per heavy atom. The van der Waals surface area contributed by atoms with Gasteiger partial charge in [0.05, 0.1) is 18.6 Å². The molecule has 0 aromatic carbocycles. The summed E-state index contributed by atoms with van der Waals surface area (Å²) < 4.78 is 46.5. The van der Waals surface area contributed by atoms with Gasteiger partial charge in [-0.05, 0) is 38.0 Å². The number of ether oxygens (including phenoxy) is 1. The molecular weight excluding hydrogens is 295 g/mol. The van der Waals surface area contributed by atoms with Crippen LogP contribution in [0.1, 0.15) is 40.3 Å². The first-order valence-electron chi connectivity index (χ1n) is 8.59. The van der Waals surface area contributed by atoms with Crippen LogP contribution in [-0.2, 0) is 4.74 Å².